The summed E-state index contributed by atoms with van der Waals surface area (Å²) in [5.74, 6) is 5.52. The number of benzene rings is 1. The van der Waals surface area contributed by atoms with Gasteiger partial charge in [0.1, 0.15) is 0 Å². The van der Waals surface area contributed by atoms with Gasteiger partial charge < -0.3 is 9.47 Å². The average Bonchev–Trinajstić information content (AvgIpc) is 2.93. The molecule has 1 aromatic rings. The molecule has 1 saturated heterocycles. The number of nitrogens with two attached hydrogens (primary N) is 1. The zero-order valence-electron chi connectivity index (χ0n) is 11.2. The minimum Gasteiger partial charge on any atom is -0.494 e. The predicted octanol–water partition coefficient (Wildman–Crippen LogP) is 1.78. The van der Waals surface area contributed by atoms with Gasteiger partial charge in [-0.2, -0.15) is 0 Å². The number of hydrogen-bond acceptors (Lipinski definition) is 4. The Morgan fingerprint density at radius 1 is 1.58 bits per heavy atom. The maximum absolute atomic E-state index is 14.1. The molecule has 2 atom stereocenters. The number of ether oxygens (including phenoxy) is 2. The van der Waals surface area contributed by atoms with Crippen LogP contribution in [-0.4, -0.2) is 25.9 Å². The van der Waals surface area contributed by atoms with Gasteiger partial charge in [0.25, 0.3) is 0 Å². The third kappa shape index (κ3) is 3.65. The van der Waals surface area contributed by atoms with Crippen LogP contribution in [0, 0.1) is 5.82 Å². The van der Waals surface area contributed by atoms with Crippen molar-refractivity contribution in [3.63, 3.8) is 0 Å². The van der Waals surface area contributed by atoms with Gasteiger partial charge >= 0.3 is 0 Å². The molecule has 0 bridgehead atoms. The Balaban J connectivity index is 2.01. The van der Waals surface area contributed by atoms with Crippen molar-refractivity contribution in [1.82, 2.24) is 5.43 Å². The number of rotatable bonds is 6. The van der Waals surface area contributed by atoms with Crippen LogP contribution in [0.1, 0.15) is 24.8 Å². The van der Waals surface area contributed by atoms with E-state index in [1.807, 2.05) is 0 Å². The molecule has 0 aromatic heterocycles. The quantitative estimate of drug-likeness (QED) is 0.610. The van der Waals surface area contributed by atoms with Gasteiger partial charge in [0.15, 0.2) is 11.6 Å². The number of nitrogens with one attached hydrogen (secondary N) is 1. The predicted molar refractivity (Wildman–Crippen MR) is 71.4 cm³/mol. The van der Waals surface area contributed by atoms with E-state index < -0.39 is 0 Å². The lowest BCUT2D eigenvalue weighted by Gasteiger charge is -2.20. The molecule has 0 amide bonds. The molecule has 1 aliphatic heterocycles. The lowest BCUT2D eigenvalue weighted by atomic mass is 9.99. The highest BCUT2D eigenvalue weighted by Gasteiger charge is 2.21. The molecule has 1 fully saturated rings. The smallest absolute Gasteiger partial charge is 0.168 e. The SMILES string of the molecule is COc1cccc(CC(CC2CCCO2)NN)c1F. The van der Waals surface area contributed by atoms with Crippen molar-refractivity contribution >= 4 is 0 Å². The summed E-state index contributed by atoms with van der Waals surface area (Å²) in [6.07, 6.45) is 3.70. The molecule has 1 aliphatic rings. The maximum Gasteiger partial charge on any atom is 0.168 e. The molecule has 0 aliphatic carbocycles. The van der Waals surface area contributed by atoms with Crippen molar-refractivity contribution in [3.05, 3.63) is 29.6 Å². The van der Waals surface area contributed by atoms with Crippen LogP contribution >= 0.6 is 0 Å². The third-order valence-corrected chi connectivity index (χ3v) is 3.54. The molecule has 5 heteroatoms. The van der Waals surface area contributed by atoms with Gasteiger partial charge in [0.2, 0.25) is 0 Å². The lowest BCUT2D eigenvalue weighted by Crippen LogP contribution is -2.39. The first-order chi connectivity index (χ1) is 9.24. The highest BCUT2D eigenvalue weighted by molar-refractivity contribution is 5.31. The fourth-order valence-electron chi connectivity index (χ4n) is 2.49. The Morgan fingerprint density at radius 3 is 3.05 bits per heavy atom. The summed E-state index contributed by atoms with van der Waals surface area (Å²) in [4.78, 5) is 0. The minimum atomic E-state index is -0.308. The van der Waals surface area contributed by atoms with E-state index in [-0.39, 0.29) is 23.7 Å². The zero-order valence-corrected chi connectivity index (χ0v) is 11.2. The number of methoxy groups -OCH3 is 1. The van der Waals surface area contributed by atoms with Crippen molar-refractivity contribution < 1.29 is 13.9 Å². The number of hydrogen-bond donors (Lipinski definition) is 2. The summed E-state index contributed by atoms with van der Waals surface area (Å²) in [7, 11) is 1.47. The first-order valence-corrected chi connectivity index (χ1v) is 6.63. The van der Waals surface area contributed by atoms with Gasteiger partial charge in [-0.05, 0) is 37.3 Å². The van der Waals surface area contributed by atoms with E-state index in [0.29, 0.717) is 12.0 Å². The van der Waals surface area contributed by atoms with Crippen LogP contribution in [-0.2, 0) is 11.2 Å². The molecule has 2 rings (SSSR count). The van der Waals surface area contributed by atoms with Crippen LogP contribution in [0.3, 0.4) is 0 Å². The van der Waals surface area contributed by atoms with E-state index >= 15 is 0 Å². The van der Waals surface area contributed by atoms with Crippen LogP contribution in [0.4, 0.5) is 4.39 Å². The third-order valence-electron chi connectivity index (χ3n) is 3.54. The second-order valence-corrected chi connectivity index (χ2v) is 4.87. The van der Waals surface area contributed by atoms with Gasteiger partial charge in [0, 0.05) is 12.6 Å². The molecule has 0 spiro atoms. The first-order valence-electron chi connectivity index (χ1n) is 6.63. The summed E-state index contributed by atoms with van der Waals surface area (Å²) < 4.78 is 24.6. The second kappa shape index (κ2) is 6.84. The summed E-state index contributed by atoms with van der Waals surface area (Å²) in [5.41, 5.74) is 3.37. The standard InChI is InChI=1S/C14H21FN2O2/c1-18-13-6-2-4-10(14(13)15)8-11(17-16)9-12-5-3-7-19-12/h2,4,6,11-12,17H,3,5,7-9,16H2,1H3. The Hall–Kier alpha value is -1.17. The van der Waals surface area contributed by atoms with E-state index in [4.69, 9.17) is 15.3 Å². The van der Waals surface area contributed by atoms with Crippen LogP contribution in [0.25, 0.3) is 0 Å². The number of halogens is 1. The molecule has 1 aromatic carbocycles. The van der Waals surface area contributed by atoms with Crippen molar-refractivity contribution in [2.24, 2.45) is 5.84 Å². The Bertz CT molecular complexity index is 408. The molecular weight excluding hydrogens is 247 g/mol. The molecule has 3 N–H and O–H groups in total. The van der Waals surface area contributed by atoms with E-state index in [0.717, 1.165) is 25.9 Å². The highest BCUT2D eigenvalue weighted by Crippen LogP contribution is 2.23. The van der Waals surface area contributed by atoms with E-state index in [9.17, 15) is 4.39 Å². The topological polar surface area (TPSA) is 56.5 Å². The molecule has 0 radical (unpaired) electrons. The summed E-state index contributed by atoms with van der Waals surface area (Å²) in [5, 5.41) is 0. The van der Waals surface area contributed by atoms with Crippen LogP contribution in [0.5, 0.6) is 5.75 Å². The molecule has 1 heterocycles. The zero-order chi connectivity index (χ0) is 13.7. The van der Waals surface area contributed by atoms with E-state index in [1.165, 1.54) is 7.11 Å². The highest BCUT2D eigenvalue weighted by atomic mass is 19.1. The molecule has 2 unspecified atom stereocenters. The van der Waals surface area contributed by atoms with Crippen LogP contribution < -0.4 is 16.0 Å². The van der Waals surface area contributed by atoms with E-state index in [1.54, 1.807) is 18.2 Å². The molecule has 106 valence electrons. The van der Waals surface area contributed by atoms with Gasteiger partial charge in [-0.15, -0.1) is 0 Å². The largest absolute Gasteiger partial charge is 0.494 e. The van der Waals surface area contributed by atoms with E-state index in [2.05, 4.69) is 5.43 Å². The number of hydrazine groups is 1. The van der Waals surface area contributed by atoms with Gasteiger partial charge in [-0.25, -0.2) is 4.39 Å². The van der Waals surface area contributed by atoms with Gasteiger partial charge in [-0.3, -0.25) is 11.3 Å². The Labute approximate surface area is 113 Å². The summed E-state index contributed by atoms with van der Waals surface area (Å²) in [6, 6.07) is 5.17. The summed E-state index contributed by atoms with van der Waals surface area (Å²) in [6.45, 7) is 0.815. The monoisotopic (exact) mass is 268 g/mol. The molecule has 4 nitrogen and oxygen atoms in total. The Kier molecular flexibility index (Phi) is 5.13. The van der Waals surface area contributed by atoms with Crippen molar-refractivity contribution in [2.75, 3.05) is 13.7 Å². The average molecular weight is 268 g/mol. The maximum atomic E-state index is 14.1. The first kappa shape index (κ1) is 14.2. The van der Waals surface area contributed by atoms with Crippen LogP contribution in [0.15, 0.2) is 18.2 Å². The van der Waals surface area contributed by atoms with Crippen molar-refractivity contribution in [1.29, 1.82) is 0 Å². The fourth-order valence-corrected chi connectivity index (χ4v) is 2.49. The second-order valence-electron chi connectivity index (χ2n) is 4.87. The lowest BCUT2D eigenvalue weighted by molar-refractivity contribution is 0.0945. The molecular formula is C14H21FN2O2. The van der Waals surface area contributed by atoms with Crippen molar-refractivity contribution in [2.45, 2.75) is 37.8 Å². The van der Waals surface area contributed by atoms with Crippen LogP contribution in [0.2, 0.25) is 0 Å². The molecule has 19 heavy (non-hydrogen) atoms. The minimum absolute atomic E-state index is 0.00436. The van der Waals surface area contributed by atoms with Gasteiger partial charge in [-0.1, -0.05) is 12.1 Å². The fraction of sp³-hybridized carbons (Fsp3) is 0.571. The normalized spacial score (nSPS) is 20.5. The summed E-state index contributed by atoms with van der Waals surface area (Å²) >= 11 is 0. The van der Waals surface area contributed by atoms with Crippen molar-refractivity contribution in [3.8, 4) is 5.75 Å². The van der Waals surface area contributed by atoms with Gasteiger partial charge in [0.05, 0.1) is 13.2 Å². The Morgan fingerprint density at radius 2 is 2.42 bits per heavy atom. The molecule has 0 saturated carbocycles.